The van der Waals surface area contributed by atoms with Gasteiger partial charge in [-0.15, -0.1) is 0 Å². The molecular weight excluding hydrogens is 246 g/mol. The number of carbonyl (C=O) groups is 1. The van der Waals surface area contributed by atoms with Crippen molar-refractivity contribution in [2.24, 2.45) is 5.11 Å². The Labute approximate surface area is 111 Å². The summed E-state index contributed by atoms with van der Waals surface area (Å²) in [6.07, 6.45) is 0.967. The summed E-state index contributed by atoms with van der Waals surface area (Å²) in [5, 5.41) is 3.41. The second-order valence-corrected chi connectivity index (χ2v) is 4.60. The molecule has 19 heavy (non-hydrogen) atoms. The van der Waals surface area contributed by atoms with Gasteiger partial charge in [-0.3, -0.25) is 4.79 Å². The van der Waals surface area contributed by atoms with Gasteiger partial charge >= 0.3 is 0 Å². The van der Waals surface area contributed by atoms with Crippen LogP contribution in [0.3, 0.4) is 0 Å². The summed E-state index contributed by atoms with van der Waals surface area (Å²) in [5.74, 6) is 0.725. The molecule has 1 fully saturated rings. The third-order valence-electron chi connectivity index (χ3n) is 3.17. The van der Waals surface area contributed by atoms with Crippen molar-refractivity contribution in [1.82, 2.24) is 9.80 Å². The number of nitrogens with zero attached hydrogens (tertiary/aromatic N) is 5. The smallest absolute Gasteiger partial charge is 0.289 e. The third kappa shape index (κ3) is 3.49. The molecule has 0 bridgehead atoms. The van der Waals surface area contributed by atoms with Crippen molar-refractivity contribution in [3.63, 3.8) is 0 Å². The minimum atomic E-state index is -0.0949. The first-order valence-electron chi connectivity index (χ1n) is 6.28. The van der Waals surface area contributed by atoms with Gasteiger partial charge in [0.1, 0.15) is 5.76 Å². The van der Waals surface area contributed by atoms with Gasteiger partial charge in [0.15, 0.2) is 5.76 Å². The van der Waals surface area contributed by atoms with Gasteiger partial charge in [-0.25, -0.2) is 0 Å². The number of likely N-dealkylation sites (N-methyl/N-ethyl adjacent to an activating group) is 1. The molecule has 1 aromatic heterocycles. The fraction of sp³-hybridized carbons (Fsp3) is 0.583. The van der Waals surface area contributed by atoms with Crippen LogP contribution in [0.5, 0.6) is 0 Å². The van der Waals surface area contributed by atoms with Crippen LogP contribution in [0.2, 0.25) is 0 Å². The highest BCUT2D eigenvalue weighted by atomic mass is 16.4. The Morgan fingerprint density at radius 1 is 1.42 bits per heavy atom. The molecule has 2 heterocycles. The highest BCUT2D eigenvalue weighted by molar-refractivity contribution is 5.91. The van der Waals surface area contributed by atoms with Crippen molar-refractivity contribution < 1.29 is 9.21 Å². The molecule has 102 valence electrons. The minimum Gasteiger partial charge on any atom is -0.456 e. The van der Waals surface area contributed by atoms with Crippen molar-refractivity contribution in [2.45, 2.75) is 13.0 Å². The molecule has 0 unspecified atom stereocenters. The van der Waals surface area contributed by atoms with E-state index < -0.39 is 0 Å². The summed E-state index contributed by atoms with van der Waals surface area (Å²) in [6, 6.07) is 3.31. The van der Waals surface area contributed by atoms with Gasteiger partial charge in [-0.2, -0.15) is 0 Å². The van der Waals surface area contributed by atoms with E-state index in [2.05, 4.69) is 22.0 Å². The number of amides is 1. The summed E-state index contributed by atoms with van der Waals surface area (Å²) < 4.78 is 5.40. The average molecular weight is 263 g/mol. The maximum absolute atomic E-state index is 12.3. The van der Waals surface area contributed by atoms with Crippen molar-refractivity contribution in [2.75, 3.05) is 33.2 Å². The Balaban J connectivity index is 2.02. The van der Waals surface area contributed by atoms with E-state index in [0.717, 1.165) is 26.1 Å². The molecule has 1 aliphatic heterocycles. The summed E-state index contributed by atoms with van der Waals surface area (Å²) in [7, 11) is 2.05. The zero-order valence-electron chi connectivity index (χ0n) is 10.9. The molecule has 0 radical (unpaired) electrons. The van der Waals surface area contributed by atoms with Crippen LogP contribution >= 0.6 is 0 Å². The molecule has 1 amide bonds. The summed E-state index contributed by atoms with van der Waals surface area (Å²) >= 11 is 0. The molecule has 2 rings (SSSR count). The van der Waals surface area contributed by atoms with E-state index in [4.69, 9.17) is 9.95 Å². The number of hydrogen-bond donors (Lipinski definition) is 0. The zero-order chi connectivity index (χ0) is 13.7. The van der Waals surface area contributed by atoms with Gasteiger partial charge < -0.3 is 14.2 Å². The van der Waals surface area contributed by atoms with E-state index >= 15 is 0 Å². The van der Waals surface area contributed by atoms with Crippen LogP contribution in [-0.4, -0.2) is 48.9 Å². The van der Waals surface area contributed by atoms with Crippen molar-refractivity contribution in [1.29, 1.82) is 0 Å². The number of carbonyl (C=O) groups excluding carboxylic acids is 1. The molecule has 0 aromatic carbocycles. The van der Waals surface area contributed by atoms with E-state index in [0.29, 0.717) is 18.1 Å². The molecular formula is C12H17N5O2. The molecule has 0 spiro atoms. The van der Waals surface area contributed by atoms with E-state index in [1.807, 2.05) is 0 Å². The van der Waals surface area contributed by atoms with Crippen LogP contribution in [0.4, 0.5) is 0 Å². The van der Waals surface area contributed by atoms with Crippen LogP contribution in [0.1, 0.15) is 22.7 Å². The maximum atomic E-state index is 12.3. The lowest BCUT2D eigenvalue weighted by Gasteiger charge is -2.19. The zero-order valence-corrected chi connectivity index (χ0v) is 10.9. The SMILES string of the molecule is CN1CCCN(C(=O)c2ccc(CN=[N+]=[N-])o2)CC1. The van der Waals surface area contributed by atoms with Crippen LogP contribution in [0.15, 0.2) is 21.7 Å². The van der Waals surface area contributed by atoms with Gasteiger partial charge in [-0.05, 0) is 37.7 Å². The van der Waals surface area contributed by atoms with E-state index in [-0.39, 0.29) is 12.5 Å². The van der Waals surface area contributed by atoms with Crippen molar-refractivity contribution in [3.05, 3.63) is 34.1 Å². The first kappa shape index (κ1) is 13.5. The summed E-state index contributed by atoms with van der Waals surface area (Å²) in [4.78, 5) is 18.9. The largest absolute Gasteiger partial charge is 0.456 e. The second-order valence-electron chi connectivity index (χ2n) is 4.60. The lowest BCUT2D eigenvalue weighted by atomic mass is 10.3. The van der Waals surface area contributed by atoms with E-state index in [9.17, 15) is 4.79 Å². The third-order valence-corrected chi connectivity index (χ3v) is 3.17. The van der Waals surface area contributed by atoms with Crippen LogP contribution in [0, 0.1) is 0 Å². The van der Waals surface area contributed by atoms with Crippen molar-refractivity contribution in [3.8, 4) is 0 Å². The van der Waals surface area contributed by atoms with Gasteiger partial charge in [0.05, 0.1) is 6.54 Å². The Morgan fingerprint density at radius 2 is 2.26 bits per heavy atom. The second kappa shape index (κ2) is 6.26. The Bertz CT molecular complexity index is 492. The van der Waals surface area contributed by atoms with Crippen LogP contribution in [0.25, 0.3) is 10.4 Å². The monoisotopic (exact) mass is 263 g/mol. The van der Waals surface area contributed by atoms with Gasteiger partial charge in [0.25, 0.3) is 5.91 Å². The minimum absolute atomic E-state index is 0.0949. The normalized spacial score (nSPS) is 16.8. The highest BCUT2D eigenvalue weighted by Gasteiger charge is 2.21. The Hall–Kier alpha value is -1.98. The number of furan rings is 1. The summed E-state index contributed by atoms with van der Waals surface area (Å²) in [6.45, 7) is 3.46. The predicted octanol–water partition coefficient (Wildman–Crippen LogP) is 1.87. The highest BCUT2D eigenvalue weighted by Crippen LogP contribution is 2.13. The van der Waals surface area contributed by atoms with E-state index in [1.54, 1.807) is 17.0 Å². The molecule has 0 saturated carbocycles. The number of rotatable bonds is 3. The maximum Gasteiger partial charge on any atom is 0.289 e. The molecule has 0 atom stereocenters. The lowest BCUT2D eigenvalue weighted by Crippen LogP contribution is -2.34. The Kier molecular flexibility index (Phi) is 4.43. The number of hydrogen-bond acceptors (Lipinski definition) is 4. The molecule has 1 aliphatic rings. The fourth-order valence-corrected chi connectivity index (χ4v) is 2.08. The predicted molar refractivity (Wildman–Crippen MR) is 69.6 cm³/mol. The van der Waals surface area contributed by atoms with Crippen molar-refractivity contribution >= 4 is 5.91 Å². The van der Waals surface area contributed by atoms with Gasteiger partial charge in [0, 0.05) is 24.5 Å². The molecule has 0 N–H and O–H groups in total. The Morgan fingerprint density at radius 3 is 3.05 bits per heavy atom. The molecule has 7 heteroatoms. The molecule has 1 saturated heterocycles. The van der Waals surface area contributed by atoms with Crippen LogP contribution < -0.4 is 0 Å². The van der Waals surface area contributed by atoms with Gasteiger partial charge in [-0.1, -0.05) is 5.11 Å². The fourth-order valence-electron chi connectivity index (χ4n) is 2.08. The first-order chi connectivity index (χ1) is 9.20. The van der Waals surface area contributed by atoms with Crippen LogP contribution in [-0.2, 0) is 6.54 Å². The number of azide groups is 1. The molecule has 1 aromatic rings. The molecule has 0 aliphatic carbocycles. The standard InChI is InChI=1S/C12H17N5O2/c1-16-5-2-6-17(8-7-16)12(18)11-4-3-10(19-11)9-14-15-13/h3-4H,2,5-9H2,1H3. The quantitative estimate of drug-likeness (QED) is 0.474. The lowest BCUT2D eigenvalue weighted by molar-refractivity contribution is 0.0729. The topological polar surface area (TPSA) is 85.5 Å². The summed E-state index contributed by atoms with van der Waals surface area (Å²) in [5.41, 5.74) is 8.24. The van der Waals surface area contributed by atoms with E-state index in [1.165, 1.54) is 0 Å². The molecule has 7 nitrogen and oxygen atoms in total. The first-order valence-corrected chi connectivity index (χ1v) is 6.28. The van der Waals surface area contributed by atoms with Gasteiger partial charge in [0.2, 0.25) is 0 Å². The average Bonchev–Trinajstić information content (AvgIpc) is 2.78.